The largest absolute Gasteiger partial charge is 0.433 e. The van der Waals surface area contributed by atoms with Crippen LogP contribution in [0, 0.1) is 5.92 Å². The van der Waals surface area contributed by atoms with Gasteiger partial charge in [-0.3, -0.25) is 9.97 Å². The van der Waals surface area contributed by atoms with Crippen LogP contribution >= 0.6 is 0 Å². The van der Waals surface area contributed by atoms with Crippen LogP contribution in [-0.2, 0) is 27.4 Å². The fraction of sp³-hybridized carbons (Fsp3) is 0.625. The summed E-state index contributed by atoms with van der Waals surface area (Å²) in [6, 6.07) is 2.25. The summed E-state index contributed by atoms with van der Waals surface area (Å²) < 4.78 is 52.8. The van der Waals surface area contributed by atoms with Crippen molar-refractivity contribution in [1.82, 2.24) is 9.97 Å². The summed E-state index contributed by atoms with van der Waals surface area (Å²) in [4.78, 5) is 8.87. The van der Waals surface area contributed by atoms with Gasteiger partial charge in [0, 0.05) is 34.3 Å². The number of hydrogen-bond acceptors (Lipinski definition) is 5. The number of fused-ring (bicyclic) bond motifs is 1. The van der Waals surface area contributed by atoms with Gasteiger partial charge in [0.1, 0.15) is 11.8 Å². The van der Waals surface area contributed by atoms with Gasteiger partial charge >= 0.3 is 6.18 Å². The highest BCUT2D eigenvalue weighted by Gasteiger charge is 2.50. The first-order valence-corrected chi connectivity index (χ1v) is 17.5. The predicted molar refractivity (Wildman–Crippen MR) is 158 cm³/mol. The second-order valence-electron chi connectivity index (χ2n) is 13.6. The topological polar surface area (TPSA) is 64.5 Å². The molecule has 1 aliphatic carbocycles. The van der Waals surface area contributed by atoms with Crippen LogP contribution in [0.1, 0.15) is 113 Å². The molecule has 0 aromatic carbocycles. The molecule has 3 atom stereocenters. The Morgan fingerprint density at radius 2 is 1.83 bits per heavy atom. The minimum Gasteiger partial charge on any atom is -0.407 e. The lowest BCUT2D eigenvalue weighted by atomic mass is 9.70. The van der Waals surface area contributed by atoms with Crippen molar-refractivity contribution in [3.05, 3.63) is 63.7 Å². The molecule has 9 heteroatoms. The van der Waals surface area contributed by atoms with Gasteiger partial charge in [0.2, 0.25) is 0 Å². The highest BCUT2D eigenvalue weighted by Crippen LogP contribution is 2.52. The van der Waals surface area contributed by atoms with E-state index in [9.17, 15) is 18.3 Å². The van der Waals surface area contributed by atoms with Gasteiger partial charge in [-0.25, -0.2) is 0 Å². The zero-order chi connectivity index (χ0) is 30.5. The predicted octanol–water partition coefficient (Wildman–Crippen LogP) is 8.32. The maximum Gasteiger partial charge on any atom is 0.433 e. The lowest BCUT2D eigenvalue weighted by molar-refractivity contribution is -0.141. The van der Waals surface area contributed by atoms with Crippen LogP contribution in [0.4, 0.5) is 13.2 Å². The maximum atomic E-state index is 13.3. The van der Waals surface area contributed by atoms with Crippen LogP contribution in [0.3, 0.4) is 0 Å². The van der Waals surface area contributed by atoms with E-state index in [0.29, 0.717) is 30.8 Å². The van der Waals surface area contributed by atoms with E-state index in [4.69, 9.17) is 14.1 Å². The van der Waals surface area contributed by atoms with E-state index in [2.05, 4.69) is 58.8 Å². The fourth-order valence-electron chi connectivity index (χ4n) is 5.80. The van der Waals surface area contributed by atoms with E-state index >= 15 is 0 Å². The van der Waals surface area contributed by atoms with Crippen molar-refractivity contribution in [2.24, 2.45) is 5.92 Å². The van der Waals surface area contributed by atoms with Crippen molar-refractivity contribution in [3.63, 3.8) is 0 Å². The minimum atomic E-state index is -4.56. The third-order valence-electron chi connectivity index (χ3n) is 9.36. The Morgan fingerprint density at radius 3 is 2.34 bits per heavy atom. The van der Waals surface area contributed by atoms with E-state index in [0.717, 1.165) is 53.2 Å². The number of aliphatic hydroxyl groups excluding tert-OH is 1. The van der Waals surface area contributed by atoms with Gasteiger partial charge < -0.3 is 14.3 Å². The Morgan fingerprint density at radius 1 is 1.15 bits per heavy atom. The average molecular weight is 591 g/mol. The monoisotopic (exact) mass is 590 g/mol. The number of rotatable bonds is 6. The number of hydrogen-bond donors (Lipinski definition) is 1. The molecular formula is C32H45F3N2O3Si. The second kappa shape index (κ2) is 11.2. The van der Waals surface area contributed by atoms with E-state index < -0.39 is 31.9 Å². The van der Waals surface area contributed by atoms with Crippen LogP contribution in [0.5, 0.6) is 0 Å². The third kappa shape index (κ3) is 6.05. The molecule has 1 aliphatic heterocycles. The van der Waals surface area contributed by atoms with E-state index in [1.54, 1.807) is 0 Å². The molecule has 0 radical (unpaired) electrons. The van der Waals surface area contributed by atoms with E-state index in [1.165, 1.54) is 6.07 Å². The highest BCUT2D eigenvalue weighted by molar-refractivity contribution is 6.74. The number of aryl methyl sites for hydroxylation is 1. The first-order chi connectivity index (χ1) is 18.9. The molecule has 0 fully saturated rings. The van der Waals surface area contributed by atoms with Gasteiger partial charge in [-0.15, -0.1) is 0 Å². The van der Waals surface area contributed by atoms with E-state index in [-0.39, 0.29) is 16.9 Å². The van der Waals surface area contributed by atoms with Gasteiger partial charge in [0.05, 0.1) is 18.8 Å². The van der Waals surface area contributed by atoms with Crippen LogP contribution in [-0.4, -0.2) is 36.6 Å². The summed E-state index contributed by atoms with van der Waals surface area (Å²) >= 11 is 0. The number of ether oxygens (including phenoxy) is 1. The molecule has 2 aromatic rings. The summed E-state index contributed by atoms with van der Waals surface area (Å²) in [5.41, 5.74) is 4.00. The molecule has 5 nitrogen and oxygen atoms in total. The van der Waals surface area contributed by atoms with E-state index in [1.807, 2.05) is 13.8 Å². The first kappa shape index (κ1) is 31.9. The molecule has 41 heavy (non-hydrogen) atoms. The van der Waals surface area contributed by atoms with Crippen molar-refractivity contribution in [2.75, 3.05) is 13.2 Å². The van der Waals surface area contributed by atoms with Gasteiger partial charge in [0.25, 0.3) is 0 Å². The summed E-state index contributed by atoms with van der Waals surface area (Å²) in [6.07, 6.45) is -0.200. The minimum absolute atomic E-state index is 0.0228. The Balaban J connectivity index is 2.04. The van der Waals surface area contributed by atoms with Crippen molar-refractivity contribution < 1.29 is 27.4 Å². The lowest BCUT2D eigenvalue weighted by Gasteiger charge is -2.50. The number of nitrogens with zero attached hydrogens (tertiary/aromatic N) is 2. The molecular weight excluding hydrogens is 545 g/mol. The number of aliphatic hydroxyl groups is 1. The normalized spacial score (nSPS) is 22.9. The summed E-state index contributed by atoms with van der Waals surface area (Å²) in [5.74, 6) is 0.159. The standard InChI is InChI=1S/C32H45F3N2O3Si/c1-19(2)28-26(29(38)22-11-13-24(36-18-22)32(33,34)35)25(21-14-16-39-17-15-21)27-23(37-28)12-10-20(3)31(27,7)40-41(8,9)30(4,5)6/h11,13-14,18-20,29,38H,10,12,15-17H2,1-9H3/t20?,29-,31+/m1/s1. The van der Waals surface area contributed by atoms with Gasteiger partial charge in [-0.2, -0.15) is 13.2 Å². The lowest BCUT2D eigenvalue weighted by Crippen LogP contribution is -2.51. The second-order valence-corrected chi connectivity index (χ2v) is 18.3. The van der Waals surface area contributed by atoms with Crippen LogP contribution in [0.25, 0.3) is 5.57 Å². The number of aromatic nitrogens is 2. The maximum absolute atomic E-state index is 13.3. The molecule has 0 saturated carbocycles. The highest BCUT2D eigenvalue weighted by atomic mass is 28.4. The Labute approximate surface area is 243 Å². The van der Waals surface area contributed by atoms with Crippen molar-refractivity contribution in [1.29, 1.82) is 0 Å². The summed E-state index contributed by atoms with van der Waals surface area (Å²) in [5, 5.41) is 12.0. The molecule has 2 aromatic heterocycles. The molecule has 3 heterocycles. The zero-order valence-corrected chi connectivity index (χ0v) is 26.9. The van der Waals surface area contributed by atoms with Gasteiger partial charge in [-0.1, -0.05) is 53.7 Å². The molecule has 2 aliphatic rings. The molecule has 0 amide bonds. The molecule has 1 N–H and O–H groups in total. The Kier molecular flexibility index (Phi) is 8.71. The number of pyridine rings is 2. The molecule has 226 valence electrons. The molecule has 4 rings (SSSR count). The van der Waals surface area contributed by atoms with Crippen LogP contribution in [0.2, 0.25) is 18.1 Å². The SMILES string of the molecule is CC(C)c1nc2c(c(C3=CCOCC3)c1[C@H](O)c1ccc(C(F)(F)F)nc1)[C@@](C)(O[Si](C)(C)C(C)(C)C)C(C)CC2. The first-order valence-electron chi connectivity index (χ1n) is 14.6. The zero-order valence-electron chi connectivity index (χ0n) is 25.9. The fourth-order valence-corrected chi connectivity index (χ4v) is 7.47. The van der Waals surface area contributed by atoms with Crippen LogP contribution < -0.4 is 0 Å². The van der Waals surface area contributed by atoms with Crippen molar-refractivity contribution >= 4 is 13.9 Å². The quantitative estimate of drug-likeness (QED) is 0.343. The number of halogens is 3. The number of alkyl halides is 3. The molecule has 0 spiro atoms. The average Bonchev–Trinajstić information content (AvgIpc) is 2.88. The Bertz CT molecular complexity index is 1300. The summed E-state index contributed by atoms with van der Waals surface area (Å²) in [7, 11) is -2.27. The van der Waals surface area contributed by atoms with Gasteiger partial charge in [-0.05, 0) is 73.4 Å². The Hall–Kier alpha value is -2.07. The summed E-state index contributed by atoms with van der Waals surface area (Å²) in [6.45, 7) is 20.7. The molecule has 1 unspecified atom stereocenters. The van der Waals surface area contributed by atoms with Crippen LogP contribution in [0.15, 0.2) is 24.4 Å². The van der Waals surface area contributed by atoms with Gasteiger partial charge in [0.15, 0.2) is 8.32 Å². The molecule has 0 saturated heterocycles. The van der Waals surface area contributed by atoms with Crippen molar-refractivity contribution in [2.45, 2.75) is 110 Å². The third-order valence-corrected chi connectivity index (χ3v) is 13.9. The smallest absolute Gasteiger partial charge is 0.407 e. The van der Waals surface area contributed by atoms with Crippen molar-refractivity contribution in [3.8, 4) is 0 Å². The molecule has 0 bridgehead atoms.